The normalized spacial score (nSPS) is 10.9. The third-order valence-corrected chi connectivity index (χ3v) is 4.30. The maximum Gasteiger partial charge on any atom is 0.147 e. The number of carbonyl (C=O) groups is 1. The van der Waals surface area contributed by atoms with Gasteiger partial charge in [0.25, 0.3) is 0 Å². The number of thioether (sulfide) groups is 1. The van der Waals surface area contributed by atoms with Crippen molar-refractivity contribution < 1.29 is 9.18 Å². The Kier molecular flexibility index (Phi) is 5.57. The molecular weight excluding hydrogens is 283 g/mol. The van der Waals surface area contributed by atoms with E-state index in [2.05, 4.69) is 26.0 Å². The summed E-state index contributed by atoms with van der Waals surface area (Å²) in [5.74, 6) is 0.756. The molecule has 0 spiro atoms. The van der Waals surface area contributed by atoms with E-state index in [-0.39, 0.29) is 11.6 Å². The van der Waals surface area contributed by atoms with Crippen molar-refractivity contribution in [2.75, 3.05) is 5.75 Å². The number of halogens is 1. The van der Waals surface area contributed by atoms with E-state index in [1.54, 1.807) is 6.07 Å². The first-order valence-electron chi connectivity index (χ1n) is 7.03. The predicted molar refractivity (Wildman–Crippen MR) is 86.4 cm³/mol. The molecule has 0 aromatic heterocycles. The molecule has 0 saturated heterocycles. The number of rotatable bonds is 6. The van der Waals surface area contributed by atoms with Crippen LogP contribution in [0.2, 0.25) is 0 Å². The van der Waals surface area contributed by atoms with Gasteiger partial charge in [0.1, 0.15) is 11.6 Å². The molecule has 110 valence electrons. The number of hydrogen-bond donors (Lipinski definition) is 0. The van der Waals surface area contributed by atoms with Crippen molar-refractivity contribution in [1.29, 1.82) is 0 Å². The lowest BCUT2D eigenvalue weighted by Gasteiger charge is -2.06. The molecule has 2 rings (SSSR count). The lowest BCUT2D eigenvalue weighted by Crippen LogP contribution is -2.05. The van der Waals surface area contributed by atoms with Crippen LogP contribution in [0.3, 0.4) is 0 Å². The van der Waals surface area contributed by atoms with Crippen molar-refractivity contribution in [1.82, 2.24) is 0 Å². The molecule has 0 aliphatic heterocycles. The zero-order chi connectivity index (χ0) is 15.2. The van der Waals surface area contributed by atoms with Gasteiger partial charge in [-0.1, -0.05) is 44.2 Å². The van der Waals surface area contributed by atoms with Gasteiger partial charge in [-0.25, -0.2) is 4.39 Å². The summed E-state index contributed by atoms with van der Waals surface area (Å²) < 4.78 is 13.0. The summed E-state index contributed by atoms with van der Waals surface area (Å²) in [4.78, 5) is 12.8. The average molecular weight is 302 g/mol. The molecule has 1 nitrogen and oxygen atoms in total. The highest BCUT2D eigenvalue weighted by atomic mass is 32.2. The van der Waals surface area contributed by atoms with Gasteiger partial charge in [-0.3, -0.25) is 4.79 Å². The lowest BCUT2D eigenvalue weighted by atomic mass is 10.0. The highest BCUT2D eigenvalue weighted by Crippen LogP contribution is 2.20. The van der Waals surface area contributed by atoms with Crippen LogP contribution in [0.15, 0.2) is 53.4 Å². The molecule has 0 radical (unpaired) electrons. The Labute approximate surface area is 129 Å². The molecule has 0 N–H and O–H groups in total. The highest BCUT2D eigenvalue weighted by molar-refractivity contribution is 8.00. The first-order valence-corrected chi connectivity index (χ1v) is 8.02. The minimum Gasteiger partial charge on any atom is -0.298 e. The van der Waals surface area contributed by atoms with Crippen LogP contribution in [0.4, 0.5) is 4.39 Å². The molecule has 0 bridgehead atoms. The molecule has 0 aliphatic rings. The fourth-order valence-corrected chi connectivity index (χ4v) is 2.82. The number of benzene rings is 2. The average Bonchev–Trinajstić information content (AvgIpc) is 2.46. The summed E-state index contributed by atoms with van der Waals surface area (Å²) in [6, 6.07) is 14.5. The largest absolute Gasteiger partial charge is 0.298 e. The van der Waals surface area contributed by atoms with Crippen molar-refractivity contribution in [2.24, 2.45) is 0 Å². The van der Waals surface area contributed by atoms with Crippen LogP contribution in [0.5, 0.6) is 0 Å². The summed E-state index contributed by atoms with van der Waals surface area (Å²) in [5, 5.41) is 0. The van der Waals surface area contributed by atoms with E-state index in [4.69, 9.17) is 0 Å². The van der Waals surface area contributed by atoms with Gasteiger partial charge in [0.2, 0.25) is 0 Å². The van der Waals surface area contributed by atoms with Crippen LogP contribution in [-0.2, 0) is 11.2 Å². The van der Waals surface area contributed by atoms with Crippen molar-refractivity contribution in [2.45, 2.75) is 31.1 Å². The molecule has 21 heavy (non-hydrogen) atoms. The van der Waals surface area contributed by atoms with E-state index in [0.717, 1.165) is 10.5 Å². The Balaban J connectivity index is 1.87. The Morgan fingerprint density at radius 2 is 1.86 bits per heavy atom. The molecule has 0 fully saturated rings. The molecule has 3 heteroatoms. The second kappa shape index (κ2) is 7.41. The van der Waals surface area contributed by atoms with Crippen LogP contribution in [0, 0.1) is 5.82 Å². The van der Waals surface area contributed by atoms with Gasteiger partial charge in [0, 0.05) is 11.3 Å². The van der Waals surface area contributed by atoms with Gasteiger partial charge in [0.15, 0.2) is 0 Å². The highest BCUT2D eigenvalue weighted by Gasteiger charge is 2.06. The van der Waals surface area contributed by atoms with Gasteiger partial charge in [-0.05, 0) is 35.2 Å². The number of carbonyl (C=O) groups excluding carboxylic acids is 1. The second-order valence-corrected chi connectivity index (χ2v) is 6.41. The van der Waals surface area contributed by atoms with E-state index in [1.807, 2.05) is 18.2 Å². The fourth-order valence-electron chi connectivity index (χ4n) is 2.02. The Morgan fingerprint density at radius 1 is 1.14 bits per heavy atom. The molecule has 0 amide bonds. The zero-order valence-electron chi connectivity index (χ0n) is 12.3. The number of hydrogen-bond acceptors (Lipinski definition) is 2. The predicted octanol–water partition coefficient (Wildman–Crippen LogP) is 4.85. The topological polar surface area (TPSA) is 17.1 Å². The van der Waals surface area contributed by atoms with Gasteiger partial charge >= 0.3 is 0 Å². The standard InChI is InChI=1S/C18H19FOS/c1-13(2)15-8-6-14(7-9-15)10-17(20)12-21-18-5-3-4-16(19)11-18/h3-9,11,13H,10,12H2,1-2H3. The van der Waals surface area contributed by atoms with E-state index in [9.17, 15) is 9.18 Å². The molecular formula is C18H19FOS. The van der Waals surface area contributed by atoms with Gasteiger partial charge in [-0.2, -0.15) is 0 Å². The SMILES string of the molecule is CC(C)c1ccc(CC(=O)CSc2cccc(F)c2)cc1. The first kappa shape index (κ1) is 15.8. The number of ketones is 1. The molecule has 2 aromatic rings. The van der Waals surface area contributed by atoms with E-state index in [1.165, 1.54) is 29.5 Å². The maximum atomic E-state index is 13.0. The van der Waals surface area contributed by atoms with E-state index in [0.29, 0.717) is 18.1 Å². The maximum absolute atomic E-state index is 13.0. The molecule has 0 aliphatic carbocycles. The Bertz CT molecular complexity index is 605. The number of Topliss-reactive ketones (excluding diaryl/α,β-unsaturated/α-hetero) is 1. The quantitative estimate of drug-likeness (QED) is 0.709. The van der Waals surface area contributed by atoms with Crippen LogP contribution in [0.1, 0.15) is 30.9 Å². The Morgan fingerprint density at radius 3 is 2.48 bits per heavy atom. The van der Waals surface area contributed by atoms with Crippen molar-refractivity contribution in [3.05, 3.63) is 65.5 Å². The summed E-state index contributed by atoms with van der Waals surface area (Å²) in [5.41, 5.74) is 2.31. The summed E-state index contributed by atoms with van der Waals surface area (Å²) in [6.07, 6.45) is 0.431. The summed E-state index contributed by atoms with van der Waals surface area (Å²) >= 11 is 1.38. The van der Waals surface area contributed by atoms with Crippen LogP contribution in [-0.4, -0.2) is 11.5 Å². The molecule has 0 saturated carbocycles. The Hall–Kier alpha value is -1.61. The molecule has 2 aromatic carbocycles. The molecule has 0 atom stereocenters. The van der Waals surface area contributed by atoms with Gasteiger partial charge in [0.05, 0.1) is 5.75 Å². The summed E-state index contributed by atoms with van der Waals surface area (Å²) in [7, 11) is 0. The lowest BCUT2D eigenvalue weighted by molar-refractivity contribution is -0.116. The summed E-state index contributed by atoms with van der Waals surface area (Å²) in [6.45, 7) is 4.30. The molecule has 0 unspecified atom stereocenters. The minimum atomic E-state index is -0.267. The minimum absolute atomic E-state index is 0.154. The van der Waals surface area contributed by atoms with Gasteiger partial charge < -0.3 is 0 Å². The van der Waals surface area contributed by atoms with E-state index < -0.39 is 0 Å². The molecule has 0 heterocycles. The third-order valence-electron chi connectivity index (χ3n) is 3.24. The third kappa shape index (κ3) is 5.01. The van der Waals surface area contributed by atoms with Crippen molar-refractivity contribution >= 4 is 17.5 Å². The fraction of sp³-hybridized carbons (Fsp3) is 0.278. The van der Waals surface area contributed by atoms with Crippen LogP contribution < -0.4 is 0 Å². The van der Waals surface area contributed by atoms with Crippen molar-refractivity contribution in [3.8, 4) is 0 Å². The van der Waals surface area contributed by atoms with Crippen molar-refractivity contribution in [3.63, 3.8) is 0 Å². The van der Waals surface area contributed by atoms with Gasteiger partial charge in [-0.15, -0.1) is 11.8 Å². The smallest absolute Gasteiger partial charge is 0.147 e. The van der Waals surface area contributed by atoms with Crippen LogP contribution >= 0.6 is 11.8 Å². The monoisotopic (exact) mass is 302 g/mol. The van der Waals surface area contributed by atoms with Crippen LogP contribution in [0.25, 0.3) is 0 Å². The zero-order valence-corrected chi connectivity index (χ0v) is 13.1. The van der Waals surface area contributed by atoms with E-state index >= 15 is 0 Å². The first-order chi connectivity index (χ1) is 10.0. The second-order valence-electron chi connectivity index (χ2n) is 5.36.